The first-order valence-electron chi connectivity index (χ1n) is 7.64. The van der Waals surface area contributed by atoms with Crippen molar-refractivity contribution in [1.29, 1.82) is 0 Å². The first-order valence-corrected chi connectivity index (χ1v) is 8.84. The van der Waals surface area contributed by atoms with Crippen molar-refractivity contribution in [3.63, 3.8) is 0 Å². The van der Waals surface area contributed by atoms with Gasteiger partial charge in [0, 0.05) is 17.4 Å². The lowest BCUT2D eigenvalue weighted by Gasteiger charge is -2.15. The SMILES string of the molecule is CCOc1cc(CC2=NC(=S)N(CC)C2=O)c(Br)cc1OCCO. The molecule has 2 rings (SSSR count). The summed E-state index contributed by atoms with van der Waals surface area (Å²) in [6.45, 7) is 4.81. The number of carbonyl (C=O) groups is 1. The van der Waals surface area contributed by atoms with Gasteiger partial charge in [-0.2, -0.15) is 0 Å². The largest absolute Gasteiger partial charge is 0.490 e. The molecule has 24 heavy (non-hydrogen) atoms. The summed E-state index contributed by atoms with van der Waals surface area (Å²) in [6.07, 6.45) is 0.344. The zero-order chi connectivity index (χ0) is 17.7. The fourth-order valence-corrected chi connectivity index (χ4v) is 3.07. The molecule has 1 amide bonds. The highest BCUT2D eigenvalue weighted by molar-refractivity contribution is 9.10. The molecule has 6 nitrogen and oxygen atoms in total. The van der Waals surface area contributed by atoms with Crippen LogP contribution in [-0.2, 0) is 11.2 Å². The standard InChI is InChI=1S/C16H19BrN2O4S/c1-3-19-15(21)12(18-16(19)24)7-10-8-13(22-4-2)14(9-11(10)17)23-6-5-20/h8-9,20H,3-7H2,1-2H3. The number of carbonyl (C=O) groups excluding carboxylic acids is 1. The highest BCUT2D eigenvalue weighted by Crippen LogP contribution is 2.34. The monoisotopic (exact) mass is 414 g/mol. The lowest BCUT2D eigenvalue weighted by Crippen LogP contribution is -2.32. The first-order chi connectivity index (χ1) is 11.5. The minimum atomic E-state index is -0.159. The minimum absolute atomic E-state index is 0.0828. The van der Waals surface area contributed by atoms with E-state index in [1.807, 2.05) is 19.9 Å². The third-order valence-corrected chi connectivity index (χ3v) is 4.44. The van der Waals surface area contributed by atoms with E-state index in [-0.39, 0.29) is 19.1 Å². The molecule has 1 aliphatic rings. The molecule has 0 saturated heterocycles. The van der Waals surface area contributed by atoms with Crippen LogP contribution in [0.2, 0.25) is 0 Å². The molecule has 0 radical (unpaired) electrons. The van der Waals surface area contributed by atoms with Gasteiger partial charge in [-0.25, -0.2) is 4.99 Å². The van der Waals surface area contributed by atoms with Crippen LogP contribution < -0.4 is 9.47 Å². The molecular weight excluding hydrogens is 396 g/mol. The number of hydrogen-bond acceptors (Lipinski definition) is 5. The van der Waals surface area contributed by atoms with Crippen molar-refractivity contribution in [3.05, 3.63) is 22.2 Å². The Balaban J connectivity index is 2.27. The minimum Gasteiger partial charge on any atom is -0.490 e. The van der Waals surface area contributed by atoms with Gasteiger partial charge >= 0.3 is 0 Å². The van der Waals surface area contributed by atoms with Crippen LogP contribution in [0.5, 0.6) is 11.5 Å². The maximum absolute atomic E-state index is 12.3. The number of amides is 1. The molecule has 1 N–H and O–H groups in total. The van der Waals surface area contributed by atoms with Crippen molar-refractivity contribution >= 4 is 44.9 Å². The maximum Gasteiger partial charge on any atom is 0.274 e. The molecule has 130 valence electrons. The molecule has 1 heterocycles. The molecule has 1 aromatic rings. The molecule has 1 aliphatic heterocycles. The van der Waals surface area contributed by atoms with Gasteiger partial charge < -0.3 is 14.6 Å². The first kappa shape index (κ1) is 18.8. The predicted molar refractivity (Wildman–Crippen MR) is 99.0 cm³/mol. The highest BCUT2D eigenvalue weighted by Gasteiger charge is 2.29. The van der Waals surface area contributed by atoms with Gasteiger partial charge in [0.05, 0.1) is 13.2 Å². The van der Waals surface area contributed by atoms with Gasteiger partial charge in [-0.05, 0) is 43.8 Å². The molecule has 0 bridgehead atoms. The lowest BCUT2D eigenvalue weighted by molar-refractivity contribution is -0.119. The smallest absolute Gasteiger partial charge is 0.274 e. The summed E-state index contributed by atoms with van der Waals surface area (Å²) in [7, 11) is 0. The summed E-state index contributed by atoms with van der Waals surface area (Å²) >= 11 is 8.60. The van der Waals surface area contributed by atoms with E-state index in [4.69, 9.17) is 26.8 Å². The number of aliphatic hydroxyl groups excluding tert-OH is 1. The Morgan fingerprint density at radius 3 is 2.58 bits per heavy atom. The van der Waals surface area contributed by atoms with Gasteiger partial charge in [0.15, 0.2) is 11.5 Å². The Kier molecular flexibility index (Phi) is 6.70. The second-order valence-corrected chi connectivity index (χ2v) is 6.18. The number of halogens is 1. The van der Waals surface area contributed by atoms with Crippen molar-refractivity contribution in [2.24, 2.45) is 4.99 Å². The topological polar surface area (TPSA) is 71.4 Å². The van der Waals surface area contributed by atoms with E-state index in [2.05, 4.69) is 20.9 Å². The number of benzene rings is 1. The number of aliphatic hydroxyl groups is 1. The third-order valence-electron chi connectivity index (χ3n) is 3.39. The number of thiocarbonyl (C=S) groups is 1. The Morgan fingerprint density at radius 1 is 1.29 bits per heavy atom. The molecule has 0 saturated carbocycles. The van der Waals surface area contributed by atoms with E-state index >= 15 is 0 Å². The summed E-state index contributed by atoms with van der Waals surface area (Å²) in [4.78, 5) is 18.0. The van der Waals surface area contributed by atoms with Gasteiger partial charge in [0.2, 0.25) is 5.11 Å². The Morgan fingerprint density at radius 2 is 2.00 bits per heavy atom. The quantitative estimate of drug-likeness (QED) is 0.661. The van der Waals surface area contributed by atoms with Gasteiger partial charge in [-0.3, -0.25) is 9.69 Å². The van der Waals surface area contributed by atoms with Crippen LogP contribution in [0, 0.1) is 0 Å². The number of rotatable bonds is 8. The molecule has 0 aliphatic carbocycles. The van der Waals surface area contributed by atoms with Crippen LogP contribution in [0.1, 0.15) is 19.4 Å². The van der Waals surface area contributed by atoms with Gasteiger partial charge in [0.1, 0.15) is 12.3 Å². The molecule has 1 aromatic carbocycles. The second-order valence-electron chi connectivity index (χ2n) is 4.96. The average Bonchev–Trinajstić information content (AvgIpc) is 2.82. The summed E-state index contributed by atoms with van der Waals surface area (Å²) in [5, 5.41) is 9.22. The summed E-state index contributed by atoms with van der Waals surface area (Å²) in [5.41, 5.74) is 1.26. The summed E-state index contributed by atoms with van der Waals surface area (Å²) in [6, 6.07) is 3.58. The molecule has 8 heteroatoms. The van der Waals surface area contributed by atoms with E-state index in [1.165, 1.54) is 4.90 Å². The van der Waals surface area contributed by atoms with Crippen molar-refractivity contribution in [2.75, 3.05) is 26.4 Å². The highest BCUT2D eigenvalue weighted by atomic mass is 79.9. The van der Waals surface area contributed by atoms with E-state index < -0.39 is 0 Å². The van der Waals surface area contributed by atoms with Crippen molar-refractivity contribution in [3.8, 4) is 11.5 Å². The number of aliphatic imine (C=N–C) groups is 1. The van der Waals surface area contributed by atoms with Gasteiger partial charge in [0.25, 0.3) is 5.91 Å². The lowest BCUT2D eigenvalue weighted by atomic mass is 10.1. The molecular formula is C16H19BrN2O4S. The Bertz CT molecular complexity index is 678. The normalized spacial score (nSPS) is 14.2. The summed E-state index contributed by atoms with van der Waals surface area (Å²) in [5.74, 6) is 0.935. The van der Waals surface area contributed by atoms with Gasteiger partial charge in [-0.1, -0.05) is 15.9 Å². The number of nitrogens with zero attached hydrogens (tertiary/aromatic N) is 2. The fraction of sp³-hybridized carbons (Fsp3) is 0.438. The van der Waals surface area contributed by atoms with E-state index in [0.717, 1.165) is 10.0 Å². The second kappa shape index (κ2) is 8.55. The van der Waals surface area contributed by atoms with Gasteiger partial charge in [-0.15, -0.1) is 0 Å². The predicted octanol–water partition coefficient (Wildman–Crippen LogP) is 2.35. The molecule has 0 fully saturated rings. The van der Waals surface area contributed by atoms with Crippen molar-refractivity contribution < 1.29 is 19.4 Å². The van der Waals surface area contributed by atoms with Crippen LogP contribution >= 0.6 is 28.1 Å². The fourth-order valence-electron chi connectivity index (χ4n) is 2.29. The Hall–Kier alpha value is -1.51. The zero-order valence-electron chi connectivity index (χ0n) is 13.5. The van der Waals surface area contributed by atoms with E-state index in [0.29, 0.717) is 41.9 Å². The number of hydrogen-bond donors (Lipinski definition) is 1. The molecule has 0 atom stereocenters. The average molecular weight is 415 g/mol. The van der Waals surface area contributed by atoms with Crippen LogP contribution in [0.15, 0.2) is 21.6 Å². The van der Waals surface area contributed by atoms with Crippen molar-refractivity contribution in [2.45, 2.75) is 20.3 Å². The van der Waals surface area contributed by atoms with Crippen LogP contribution in [0.3, 0.4) is 0 Å². The van der Waals surface area contributed by atoms with Crippen LogP contribution in [0.25, 0.3) is 0 Å². The van der Waals surface area contributed by atoms with E-state index in [9.17, 15) is 4.79 Å². The Labute approximate surface area is 154 Å². The van der Waals surface area contributed by atoms with Crippen molar-refractivity contribution in [1.82, 2.24) is 4.90 Å². The molecule has 0 aromatic heterocycles. The maximum atomic E-state index is 12.3. The van der Waals surface area contributed by atoms with Crippen LogP contribution in [-0.4, -0.2) is 53.1 Å². The zero-order valence-corrected chi connectivity index (χ0v) is 15.9. The van der Waals surface area contributed by atoms with E-state index in [1.54, 1.807) is 6.07 Å². The molecule has 0 unspecified atom stereocenters. The molecule has 0 spiro atoms. The summed E-state index contributed by atoms with van der Waals surface area (Å²) < 4.78 is 11.9. The van der Waals surface area contributed by atoms with Crippen LogP contribution in [0.4, 0.5) is 0 Å². The number of ether oxygens (including phenoxy) is 2. The third kappa shape index (κ3) is 4.12.